The predicted octanol–water partition coefficient (Wildman–Crippen LogP) is 7.32. The highest BCUT2D eigenvalue weighted by molar-refractivity contribution is 6.01. The lowest BCUT2D eigenvalue weighted by molar-refractivity contribution is -0.274. The van der Waals surface area contributed by atoms with E-state index in [0.717, 1.165) is 49.8 Å². The van der Waals surface area contributed by atoms with Crippen molar-refractivity contribution in [1.82, 2.24) is 4.57 Å². The number of hydrogen-bond acceptors (Lipinski definition) is 3. The van der Waals surface area contributed by atoms with Gasteiger partial charge in [-0.15, -0.1) is 13.2 Å². The van der Waals surface area contributed by atoms with Crippen LogP contribution in [0.1, 0.15) is 86.3 Å². The Labute approximate surface area is 226 Å². The van der Waals surface area contributed by atoms with Crippen LogP contribution in [0.3, 0.4) is 0 Å². The van der Waals surface area contributed by atoms with Crippen LogP contribution < -0.4 is 4.74 Å². The lowest BCUT2D eigenvalue weighted by Gasteiger charge is -2.28. The zero-order valence-corrected chi connectivity index (χ0v) is 22.4. The van der Waals surface area contributed by atoms with Gasteiger partial charge in [-0.1, -0.05) is 26.2 Å². The zero-order valence-electron chi connectivity index (χ0n) is 22.4. The molecule has 1 amide bonds. The number of ether oxygens (including phenoxy) is 1. The van der Waals surface area contributed by atoms with Crippen LogP contribution in [-0.2, 0) is 16.8 Å². The van der Waals surface area contributed by atoms with Gasteiger partial charge in [0.25, 0.3) is 5.91 Å². The number of halogens is 3. The third-order valence-electron chi connectivity index (χ3n) is 8.82. The quantitative estimate of drug-likeness (QED) is 0.353. The summed E-state index contributed by atoms with van der Waals surface area (Å²) in [5, 5.41) is 9.09. The first-order valence-corrected chi connectivity index (χ1v) is 13.8. The Balaban J connectivity index is 1.51. The molecule has 3 fully saturated rings. The first-order valence-electron chi connectivity index (χ1n) is 13.8. The van der Waals surface area contributed by atoms with Gasteiger partial charge < -0.3 is 14.4 Å². The fraction of sp³-hybridized carbons (Fsp3) is 0.567. The molecule has 1 aromatic heterocycles. The topological polar surface area (TPSA) is 80.9 Å². The molecule has 0 atom stereocenters. The van der Waals surface area contributed by atoms with Crippen LogP contribution in [-0.4, -0.2) is 34.1 Å². The molecular weight excluding hydrogens is 509 g/mol. The molecule has 0 aliphatic heterocycles. The average Bonchev–Trinajstić information content (AvgIpc) is 3.51. The number of amides is 1. The second kappa shape index (κ2) is 10.5. The number of alkyl halides is 3. The number of carbonyl (C=O) groups is 2. The van der Waals surface area contributed by atoms with Crippen LogP contribution in [0.25, 0.3) is 11.3 Å². The second-order valence-corrected chi connectivity index (χ2v) is 11.8. The SMILES string of the molecule is Cc1c(C(=O)/N=C/C2CC(C(=O)O)C2)cc(-c2cc(OC(F)(F)F)cc(C3(C)CC3)c2)n1CC1CCCCC1. The summed E-state index contributed by atoms with van der Waals surface area (Å²) in [5.74, 6) is -1.52. The number of carbonyl (C=O) groups excluding carboxylic acids is 1. The summed E-state index contributed by atoms with van der Waals surface area (Å²) >= 11 is 0. The highest BCUT2D eigenvalue weighted by atomic mass is 19.4. The Hall–Kier alpha value is -3.10. The molecular formula is C30H35F3N2O4. The van der Waals surface area contributed by atoms with Crippen LogP contribution in [0.15, 0.2) is 29.3 Å². The molecule has 0 unspecified atom stereocenters. The van der Waals surface area contributed by atoms with Crippen molar-refractivity contribution >= 4 is 18.1 Å². The van der Waals surface area contributed by atoms with Gasteiger partial charge in [-0.2, -0.15) is 0 Å². The minimum atomic E-state index is -4.81. The third-order valence-corrected chi connectivity index (χ3v) is 8.82. The van der Waals surface area contributed by atoms with Crippen molar-refractivity contribution in [2.24, 2.45) is 22.7 Å². The molecule has 0 spiro atoms. The van der Waals surface area contributed by atoms with Crippen molar-refractivity contribution in [1.29, 1.82) is 0 Å². The number of benzene rings is 1. The van der Waals surface area contributed by atoms with E-state index in [4.69, 9.17) is 5.11 Å². The average molecular weight is 545 g/mol. The lowest BCUT2D eigenvalue weighted by Crippen LogP contribution is -2.31. The van der Waals surface area contributed by atoms with Crippen LogP contribution in [0.2, 0.25) is 0 Å². The fourth-order valence-corrected chi connectivity index (χ4v) is 5.96. The second-order valence-electron chi connectivity index (χ2n) is 11.8. The summed E-state index contributed by atoms with van der Waals surface area (Å²) in [7, 11) is 0. The first kappa shape index (κ1) is 27.5. The van der Waals surface area contributed by atoms with E-state index in [0.29, 0.717) is 42.1 Å². The van der Waals surface area contributed by atoms with E-state index in [1.807, 2.05) is 19.9 Å². The third kappa shape index (κ3) is 6.23. The standard InChI is InChI=1S/C30H35F3N2O4/c1-18-25(27(36)34-16-20-10-22(11-20)28(37)38)15-26(35(18)17-19-6-4-3-5-7-19)21-12-23(29(2)8-9-29)14-24(13-21)39-30(31,32)33/h12-16,19-20,22H,3-11,17H2,1-2H3,(H,37,38)/b34-16+. The smallest absolute Gasteiger partial charge is 0.481 e. The fourth-order valence-electron chi connectivity index (χ4n) is 5.96. The summed E-state index contributed by atoms with van der Waals surface area (Å²) < 4.78 is 46.1. The van der Waals surface area contributed by atoms with E-state index in [9.17, 15) is 22.8 Å². The van der Waals surface area contributed by atoms with Gasteiger partial charge in [0.15, 0.2) is 0 Å². The molecule has 9 heteroatoms. The summed E-state index contributed by atoms with van der Waals surface area (Å²) in [5.41, 5.74) is 3.03. The minimum Gasteiger partial charge on any atom is -0.481 e. The zero-order chi connectivity index (χ0) is 27.9. The van der Waals surface area contributed by atoms with Crippen molar-refractivity contribution in [3.8, 4) is 17.0 Å². The summed E-state index contributed by atoms with van der Waals surface area (Å²) in [4.78, 5) is 28.4. The van der Waals surface area contributed by atoms with Gasteiger partial charge in [-0.05, 0) is 92.5 Å². The number of hydrogen-bond donors (Lipinski definition) is 1. The Morgan fingerprint density at radius 3 is 2.44 bits per heavy atom. The highest BCUT2D eigenvalue weighted by Gasteiger charge is 2.40. The maximum Gasteiger partial charge on any atom is 0.573 e. The largest absolute Gasteiger partial charge is 0.573 e. The van der Waals surface area contributed by atoms with Gasteiger partial charge in [-0.25, -0.2) is 4.99 Å². The van der Waals surface area contributed by atoms with Gasteiger partial charge in [0.1, 0.15) is 5.75 Å². The molecule has 0 saturated heterocycles. The molecule has 2 aromatic rings. The number of aromatic nitrogens is 1. The number of nitrogens with zero attached hydrogens (tertiary/aromatic N) is 2. The van der Waals surface area contributed by atoms with Gasteiger partial charge in [0.05, 0.1) is 11.5 Å². The van der Waals surface area contributed by atoms with Crippen LogP contribution >= 0.6 is 0 Å². The molecule has 39 heavy (non-hydrogen) atoms. The maximum absolute atomic E-state index is 13.2. The molecule has 1 heterocycles. The number of carboxylic acid groups (broad SMARTS) is 1. The van der Waals surface area contributed by atoms with Crippen molar-refractivity contribution < 1.29 is 32.6 Å². The Morgan fingerprint density at radius 2 is 1.82 bits per heavy atom. The monoisotopic (exact) mass is 544 g/mol. The Morgan fingerprint density at radius 1 is 1.13 bits per heavy atom. The number of rotatable bonds is 8. The van der Waals surface area contributed by atoms with E-state index in [-0.39, 0.29) is 17.1 Å². The summed E-state index contributed by atoms with van der Waals surface area (Å²) in [6.07, 6.45) is 5.10. The van der Waals surface area contributed by atoms with Crippen molar-refractivity contribution in [2.75, 3.05) is 0 Å². The normalized spacial score (nSPS) is 23.0. The van der Waals surface area contributed by atoms with E-state index < -0.39 is 24.2 Å². The molecule has 210 valence electrons. The molecule has 5 rings (SSSR count). The minimum absolute atomic E-state index is 0.0443. The molecule has 1 N–H and O–H groups in total. The van der Waals surface area contributed by atoms with Crippen molar-refractivity contribution in [2.45, 2.75) is 90.0 Å². The van der Waals surface area contributed by atoms with Gasteiger partial charge >= 0.3 is 12.3 Å². The van der Waals surface area contributed by atoms with Gasteiger partial charge in [0.2, 0.25) is 0 Å². The van der Waals surface area contributed by atoms with Crippen LogP contribution in [0.5, 0.6) is 5.75 Å². The van der Waals surface area contributed by atoms with E-state index in [2.05, 4.69) is 14.3 Å². The summed E-state index contributed by atoms with van der Waals surface area (Å²) in [6.45, 7) is 4.57. The van der Waals surface area contributed by atoms with E-state index in [1.54, 1.807) is 12.3 Å². The van der Waals surface area contributed by atoms with Gasteiger partial charge in [0, 0.05) is 29.7 Å². The highest BCUT2D eigenvalue weighted by Crippen LogP contribution is 2.49. The molecule has 0 radical (unpaired) electrons. The lowest BCUT2D eigenvalue weighted by atomic mass is 9.76. The van der Waals surface area contributed by atoms with Crippen LogP contribution in [0.4, 0.5) is 13.2 Å². The van der Waals surface area contributed by atoms with Crippen molar-refractivity contribution in [3.05, 3.63) is 41.1 Å². The molecule has 0 bridgehead atoms. The molecule has 3 aliphatic rings. The first-order chi connectivity index (χ1) is 18.4. The Bertz CT molecular complexity index is 1280. The van der Waals surface area contributed by atoms with Gasteiger partial charge in [-0.3, -0.25) is 9.59 Å². The maximum atomic E-state index is 13.2. The molecule has 6 nitrogen and oxygen atoms in total. The van der Waals surface area contributed by atoms with Crippen molar-refractivity contribution in [3.63, 3.8) is 0 Å². The molecule has 3 saturated carbocycles. The molecule has 1 aromatic carbocycles. The van der Waals surface area contributed by atoms with E-state index in [1.165, 1.54) is 18.6 Å². The predicted molar refractivity (Wildman–Crippen MR) is 141 cm³/mol. The number of carboxylic acids is 1. The summed E-state index contributed by atoms with van der Waals surface area (Å²) in [6, 6.07) is 6.56. The van der Waals surface area contributed by atoms with Crippen LogP contribution in [0, 0.1) is 24.7 Å². The molecule has 3 aliphatic carbocycles. The number of aliphatic carboxylic acids is 1. The van der Waals surface area contributed by atoms with E-state index >= 15 is 0 Å². The number of aliphatic imine (C=N–C) groups is 1. The Kier molecular flexibility index (Phi) is 7.37.